The van der Waals surface area contributed by atoms with Gasteiger partial charge in [-0.25, -0.2) is 14.4 Å². The lowest BCUT2D eigenvalue weighted by atomic mass is 9.44. The van der Waals surface area contributed by atoms with E-state index >= 15 is 9.59 Å². The topological polar surface area (TPSA) is 237 Å². The summed E-state index contributed by atoms with van der Waals surface area (Å²) in [4.78, 5) is 100. The summed E-state index contributed by atoms with van der Waals surface area (Å²) in [5, 5.41) is 29.2. The van der Waals surface area contributed by atoms with E-state index in [9.17, 15) is 34.2 Å². The molecule has 11 atom stereocenters. The van der Waals surface area contributed by atoms with E-state index in [1.807, 2.05) is 12.2 Å². The number of carbonyl (C=O) groups is 7. The zero-order valence-electron chi connectivity index (χ0n) is 50.8. The quantitative estimate of drug-likeness (QED) is 0.0293. The average molecular weight is 1190 g/mol. The van der Waals surface area contributed by atoms with Gasteiger partial charge in [0.25, 0.3) is 5.91 Å². The maximum atomic E-state index is 15.8. The molecule has 7 rings (SSSR count). The van der Waals surface area contributed by atoms with Gasteiger partial charge < -0.3 is 48.7 Å². The van der Waals surface area contributed by atoms with E-state index in [1.54, 1.807) is 92.7 Å². The third kappa shape index (κ3) is 15.6. The number of unbranched alkanes of at least 4 members (excludes halogenated alkanes) is 1. The van der Waals surface area contributed by atoms with Crippen LogP contribution in [-0.2, 0) is 52.3 Å². The number of aliphatic hydroxyl groups is 2. The predicted molar refractivity (Wildman–Crippen MR) is 325 cm³/mol. The summed E-state index contributed by atoms with van der Waals surface area (Å²) in [6, 6.07) is 22.8. The Balaban J connectivity index is 1.17. The molecule has 0 unspecified atom stereocenters. The normalized spacial score (nSPS) is 26.6. The molecule has 1 aliphatic heterocycles. The van der Waals surface area contributed by atoms with E-state index in [-0.39, 0.29) is 41.9 Å². The number of Topliss-reactive ketones (excluding diaryl/α,β-unsaturated/α-hetero) is 1. The van der Waals surface area contributed by atoms with Crippen LogP contribution in [-0.4, -0.2) is 113 Å². The van der Waals surface area contributed by atoms with Crippen molar-refractivity contribution < 1.29 is 76.9 Å². The summed E-state index contributed by atoms with van der Waals surface area (Å²) >= 11 is 0. The average Bonchev–Trinajstić information content (AvgIpc) is 0.682. The molecule has 1 heterocycles. The van der Waals surface area contributed by atoms with E-state index in [2.05, 4.69) is 73.0 Å². The number of allylic oxidation sites excluding steroid dienone is 12. The minimum Gasteiger partial charge on any atom is -0.455 e. The lowest BCUT2D eigenvalue weighted by Crippen LogP contribution is -2.82. The lowest BCUT2D eigenvalue weighted by molar-refractivity contribution is -0.346. The van der Waals surface area contributed by atoms with Crippen molar-refractivity contribution in [2.45, 2.75) is 167 Å². The number of hydrogen-bond acceptors (Lipinski definition) is 16. The summed E-state index contributed by atoms with van der Waals surface area (Å²) in [5.74, 6) is -7.08. The third-order valence-corrected chi connectivity index (χ3v) is 17.0. The van der Waals surface area contributed by atoms with Gasteiger partial charge in [0.1, 0.15) is 30.0 Å². The third-order valence-electron chi connectivity index (χ3n) is 17.0. The maximum absolute atomic E-state index is 15.8. The molecule has 17 heteroatoms. The number of amides is 1. The van der Waals surface area contributed by atoms with Gasteiger partial charge in [0.05, 0.1) is 36.2 Å². The molecular weight excluding hydrogens is 1110 g/mol. The molecule has 1 amide bonds. The molecule has 0 aromatic heterocycles. The number of ketones is 1. The fourth-order valence-electron chi connectivity index (χ4n) is 12.4. The van der Waals surface area contributed by atoms with Crippen LogP contribution in [0.5, 0.6) is 0 Å². The molecule has 3 N–H and O–H groups in total. The van der Waals surface area contributed by atoms with Gasteiger partial charge in [-0.1, -0.05) is 160 Å². The zero-order valence-corrected chi connectivity index (χ0v) is 50.8. The second-order valence-corrected chi connectivity index (χ2v) is 23.1. The van der Waals surface area contributed by atoms with Crippen LogP contribution < -0.4 is 5.32 Å². The molecule has 87 heavy (non-hydrogen) atoms. The summed E-state index contributed by atoms with van der Waals surface area (Å²) in [6.45, 7) is 9.92. The molecule has 3 fully saturated rings. The molecule has 4 aliphatic rings. The first-order valence-electron chi connectivity index (χ1n) is 30.0. The Morgan fingerprint density at radius 2 is 1.25 bits per heavy atom. The van der Waals surface area contributed by atoms with Crippen LogP contribution in [0.2, 0.25) is 0 Å². The van der Waals surface area contributed by atoms with E-state index in [0.717, 1.165) is 46.0 Å². The fourth-order valence-corrected chi connectivity index (χ4v) is 12.4. The highest BCUT2D eigenvalue weighted by atomic mass is 16.7. The summed E-state index contributed by atoms with van der Waals surface area (Å²) in [5.41, 5.74) is -7.52. The van der Waals surface area contributed by atoms with Crippen molar-refractivity contribution in [2.75, 3.05) is 13.2 Å². The van der Waals surface area contributed by atoms with Crippen LogP contribution in [0, 0.1) is 16.7 Å². The Kier molecular flexibility index (Phi) is 23.4. The minimum absolute atomic E-state index is 0.0434. The highest BCUT2D eigenvalue weighted by Crippen LogP contribution is 2.64. The maximum Gasteiger partial charge on any atom is 0.509 e. The van der Waals surface area contributed by atoms with Crippen LogP contribution >= 0.6 is 0 Å². The van der Waals surface area contributed by atoms with Gasteiger partial charge in [0.2, 0.25) is 6.10 Å². The molecule has 3 aromatic rings. The Morgan fingerprint density at radius 3 is 1.78 bits per heavy atom. The summed E-state index contributed by atoms with van der Waals surface area (Å²) < 4.78 is 42.5. The molecule has 2 bridgehead atoms. The number of esters is 4. The van der Waals surface area contributed by atoms with Crippen molar-refractivity contribution in [1.82, 2.24) is 5.32 Å². The first-order valence-corrected chi connectivity index (χ1v) is 30.0. The second-order valence-electron chi connectivity index (χ2n) is 23.1. The van der Waals surface area contributed by atoms with Crippen LogP contribution in [0.25, 0.3) is 0 Å². The van der Waals surface area contributed by atoms with Crippen molar-refractivity contribution in [2.24, 2.45) is 16.7 Å². The van der Waals surface area contributed by atoms with Crippen molar-refractivity contribution in [1.29, 1.82) is 0 Å². The lowest BCUT2D eigenvalue weighted by Gasteiger charge is -2.67. The van der Waals surface area contributed by atoms with Crippen LogP contribution in [0.1, 0.15) is 145 Å². The van der Waals surface area contributed by atoms with Gasteiger partial charge in [0, 0.05) is 37.7 Å². The molecule has 2 saturated carbocycles. The fraction of sp³-hybridized carbons (Fsp3) is 0.443. The highest BCUT2D eigenvalue weighted by Gasteiger charge is 2.78. The Hall–Kier alpha value is -7.99. The van der Waals surface area contributed by atoms with E-state index in [1.165, 1.54) is 26.0 Å². The van der Waals surface area contributed by atoms with Crippen molar-refractivity contribution in [3.05, 3.63) is 192 Å². The van der Waals surface area contributed by atoms with E-state index < -0.39 is 119 Å². The first-order chi connectivity index (χ1) is 41.7. The second kappa shape index (κ2) is 30.6. The van der Waals surface area contributed by atoms with E-state index in [0.29, 0.717) is 24.8 Å². The molecule has 3 aromatic carbocycles. The van der Waals surface area contributed by atoms with Crippen LogP contribution in [0.4, 0.5) is 4.79 Å². The standard InChI is InChI=1S/C70H83NO16/c1-8-9-10-11-12-13-14-15-16-17-18-19-20-21-22-23-24-25-26-36-43-81-66(79)85-59(57(50-37-30-27-31-38-50)71-63(76)51-39-32-28-33-40-51)65(78)84-53-45-70(80)62(86-64(77)52-41-34-29-35-42-52)60-68(7,54(74)44-55-69(60,46-82-55)87-49(4)73)61(75)58(83-48(3)72)56(47(53)2)67(70,5)6/h9-10,12-13,15-16,18-19,21-22,24-25,27-35,37-42,53-55,57-60,62,74,80H,8,11,14,17,20,23,26,36,43-46H2,1-7H3,(H,71,76)/b10-9-,13-12-,16-15-,19-18-,22-21-,25-24-/t53-,54-,55+,57-,58+,59+,60-,62-,68+,69-,70+/m0/s1. The van der Waals surface area contributed by atoms with Gasteiger partial charge in [-0.15, -0.1) is 0 Å². The number of fused-ring (bicyclic) bond motifs is 5. The van der Waals surface area contributed by atoms with Crippen LogP contribution in [0.15, 0.2) is 175 Å². The number of nitrogens with one attached hydrogen (secondary N) is 1. The SMILES string of the molecule is CC/C=C\C/C=C\C/C=C\C/C=C\C/C=C\C/C=C\CCCOC(=O)O[C@@H](C(=O)O[C@H]1C[C@@]2(O)[C@@H](OC(=O)c3ccccc3)[C@@H]3[C@]4(OC(C)=O)CO[C@@H]4C[C@H](O)[C@@]3(C)C(=O)[C@H](OC(C)=O)C(=C1C)C2(C)C)[C@@H](NC(=O)c1ccccc1)c1ccccc1. The van der Waals surface area contributed by atoms with Crippen molar-refractivity contribution >= 4 is 41.7 Å². The van der Waals surface area contributed by atoms with Gasteiger partial charge in [-0.3, -0.25) is 19.2 Å². The molecule has 464 valence electrons. The van der Waals surface area contributed by atoms with Crippen LogP contribution in [0.3, 0.4) is 0 Å². The molecule has 0 spiro atoms. The number of rotatable bonds is 26. The molecule has 0 radical (unpaired) electrons. The van der Waals surface area contributed by atoms with Crippen molar-refractivity contribution in [3.8, 4) is 0 Å². The predicted octanol–water partition coefficient (Wildman–Crippen LogP) is 11.4. The number of carbonyl (C=O) groups excluding carboxylic acids is 7. The number of ether oxygens (including phenoxy) is 7. The number of hydrogen-bond donors (Lipinski definition) is 3. The molecule has 1 saturated heterocycles. The Bertz CT molecular complexity index is 3110. The largest absolute Gasteiger partial charge is 0.509 e. The summed E-state index contributed by atoms with van der Waals surface area (Å²) in [6.07, 6.45) is 19.4. The number of aliphatic hydroxyl groups excluding tert-OH is 1. The molecule has 3 aliphatic carbocycles. The van der Waals surface area contributed by atoms with Gasteiger partial charge >= 0.3 is 30.0 Å². The number of benzene rings is 3. The molecule has 17 nitrogen and oxygen atoms in total. The zero-order chi connectivity index (χ0) is 62.8. The Morgan fingerprint density at radius 1 is 0.713 bits per heavy atom. The highest BCUT2D eigenvalue weighted by molar-refractivity contribution is 5.96. The van der Waals surface area contributed by atoms with Gasteiger partial charge in [-0.05, 0) is 106 Å². The van der Waals surface area contributed by atoms with Crippen molar-refractivity contribution in [3.63, 3.8) is 0 Å². The Labute approximate surface area is 510 Å². The summed E-state index contributed by atoms with van der Waals surface area (Å²) in [7, 11) is 0. The van der Waals surface area contributed by atoms with E-state index in [4.69, 9.17) is 33.2 Å². The molecular formula is C70H83NO16. The van der Waals surface area contributed by atoms with Gasteiger partial charge in [0.15, 0.2) is 17.5 Å². The minimum atomic E-state index is -2.48. The monoisotopic (exact) mass is 1190 g/mol. The smallest absolute Gasteiger partial charge is 0.455 e. The van der Waals surface area contributed by atoms with Gasteiger partial charge in [-0.2, -0.15) is 0 Å². The first kappa shape index (κ1) is 66.5.